The first kappa shape index (κ1) is 15.6. The van der Waals surface area contributed by atoms with Gasteiger partial charge < -0.3 is 14.6 Å². The van der Waals surface area contributed by atoms with E-state index < -0.39 is 5.41 Å². The van der Waals surface area contributed by atoms with Crippen LogP contribution in [0.4, 0.5) is 0 Å². The third kappa shape index (κ3) is 3.09. The highest BCUT2D eigenvalue weighted by Gasteiger charge is 2.53. The van der Waals surface area contributed by atoms with Crippen molar-refractivity contribution in [3.05, 3.63) is 36.0 Å². The Labute approximate surface area is 136 Å². The lowest BCUT2D eigenvalue weighted by atomic mass is 10.00. The van der Waals surface area contributed by atoms with E-state index in [0.717, 1.165) is 49.2 Å². The molecule has 122 valence electrons. The van der Waals surface area contributed by atoms with Crippen molar-refractivity contribution >= 4 is 5.91 Å². The van der Waals surface area contributed by atoms with Crippen LogP contribution in [0.1, 0.15) is 38.3 Å². The molecule has 1 heterocycles. The van der Waals surface area contributed by atoms with Crippen LogP contribution in [0.15, 0.2) is 34.9 Å². The van der Waals surface area contributed by atoms with Crippen LogP contribution >= 0.6 is 0 Å². The van der Waals surface area contributed by atoms with Gasteiger partial charge in [-0.15, -0.1) is 0 Å². The van der Waals surface area contributed by atoms with Crippen molar-refractivity contribution in [2.45, 2.75) is 38.0 Å². The molecule has 1 saturated carbocycles. The molecule has 2 aromatic rings. The van der Waals surface area contributed by atoms with E-state index in [2.05, 4.69) is 17.4 Å². The molecule has 0 unspecified atom stereocenters. The van der Waals surface area contributed by atoms with Crippen LogP contribution in [-0.4, -0.2) is 24.7 Å². The zero-order valence-electron chi connectivity index (χ0n) is 13.6. The third-order valence-electron chi connectivity index (χ3n) is 4.36. The Morgan fingerprint density at radius 3 is 2.91 bits per heavy atom. The summed E-state index contributed by atoms with van der Waals surface area (Å²) in [6.07, 6.45) is 3.72. The second-order valence-electron chi connectivity index (χ2n) is 6.00. The predicted octanol–water partition coefficient (Wildman–Crippen LogP) is 3.30. The normalized spacial score (nSPS) is 15.2. The summed E-state index contributed by atoms with van der Waals surface area (Å²) >= 11 is 0. The maximum atomic E-state index is 12.4. The van der Waals surface area contributed by atoms with Crippen molar-refractivity contribution in [2.75, 3.05) is 13.7 Å². The Morgan fingerprint density at radius 1 is 1.39 bits per heavy atom. The summed E-state index contributed by atoms with van der Waals surface area (Å²) in [6.45, 7) is 2.83. The standard InChI is InChI=1S/C18H22N2O3/c1-3-4-10-19-17(21)18(8-9-18)16-12-15(23-20-16)13-6-5-7-14(11-13)22-2/h5-7,11-12H,3-4,8-10H2,1-2H3,(H,19,21). The molecule has 5 nitrogen and oxygen atoms in total. The van der Waals surface area contributed by atoms with Gasteiger partial charge in [0.1, 0.15) is 5.75 Å². The number of benzene rings is 1. The number of unbranched alkanes of at least 4 members (excludes halogenated alkanes) is 1. The Hall–Kier alpha value is -2.30. The quantitative estimate of drug-likeness (QED) is 0.796. The average Bonchev–Trinajstić information content (AvgIpc) is 3.25. The highest BCUT2D eigenvalue weighted by Crippen LogP contribution is 2.48. The molecule has 1 amide bonds. The van der Waals surface area contributed by atoms with Crippen LogP contribution in [0, 0.1) is 0 Å². The minimum Gasteiger partial charge on any atom is -0.497 e. The number of hydrogen-bond acceptors (Lipinski definition) is 4. The molecule has 0 saturated heterocycles. The Morgan fingerprint density at radius 2 is 2.22 bits per heavy atom. The van der Waals surface area contributed by atoms with Crippen LogP contribution in [0.5, 0.6) is 5.75 Å². The zero-order chi connectivity index (χ0) is 16.3. The lowest BCUT2D eigenvalue weighted by Crippen LogP contribution is -2.35. The summed E-state index contributed by atoms with van der Waals surface area (Å²) in [5.74, 6) is 1.49. The van der Waals surface area contributed by atoms with Crippen molar-refractivity contribution in [1.82, 2.24) is 10.5 Å². The molecule has 1 aromatic carbocycles. The number of methoxy groups -OCH3 is 1. The molecule has 0 radical (unpaired) electrons. The lowest BCUT2D eigenvalue weighted by molar-refractivity contribution is -0.123. The van der Waals surface area contributed by atoms with Crippen LogP contribution in [0.3, 0.4) is 0 Å². The van der Waals surface area contributed by atoms with Crippen molar-refractivity contribution < 1.29 is 14.1 Å². The summed E-state index contributed by atoms with van der Waals surface area (Å²) in [4.78, 5) is 12.4. The van der Waals surface area contributed by atoms with Gasteiger partial charge in [0.25, 0.3) is 0 Å². The largest absolute Gasteiger partial charge is 0.497 e. The first-order valence-electron chi connectivity index (χ1n) is 8.09. The number of nitrogens with zero attached hydrogens (tertiary/aromatic N) is 1. The fourth-order valence-corrected chi connectivity index (χ4v) is 2.69. The molecule has 1 aromatic heterocycles. The number of ether oxygens (including phenoxy) is 1. The van der Waals surface area contributed by atoms with Crippen molar-refractivity contribution in [1.29, 1.82) is 0 Å². The monoisotopic (exact) mass is 314 g/mol. The number of aromatic nitrogens is 1. The van der Waals surface area contributed by atoms with Gasteiger partial charge in [0.05, 0.1) is 18.2 Å². The van der Waals surface area contributed by atoms with E-state index in [1.807, 2.05) is 30.3 Å². The zero-order valence-corrected chi connectivity index (χ0v) is 13.6. The third-order valence-corrected chi connectivity index (χ3v) is 4.36. The van der Waals surface area contributed by atoms with Crippen molar-refractivity contribution in [3.63, 3.8) is 0 Å². The number of rotatable bonds is 7. The van der Waals surface area contributed by atoms with Crippen LogP contribution in [0.2, 0.25) is 0 Å². The van der Waals surface area contributed by atoms with Crippen LogP contribution in [-0.2, 0) is 10.2 Å². The summed E-state index contributed by atoms with van der Waals surface area (Å²) in [7, 11) is 1.63. The van der Waals surface area contributed by atoms with E-state index in [0.29, 0.717) is 5.76 Å². The molecular weight excluding hydrogens is 292 g/mol. The molecule has 0 atom stereocenters. The Kier molecular flexibility index (Phi) is 4.37. The maximum Gasteiger partial charge on any atom is 0.232 e. The van der Waals surface area contributed by atoms with Gasteiger partial charge in [-0.3, -0.25) is 4.79 Å². The number of carbonyl (C=O) groups excluding carboxylic acids is 1. The van der Waals surface area contributed by atoms with E-state index in [-0.39, 0.29) is 5.91 Å². The maximum absolute atomic E-state index is 12.4. The van der Waals surface area contributed by atoms with E-state index in [1.165, 1.54) is 0 Å². The van der Waals surface area contributed by atoms with E-state index in [9.17, 15) is 4.79 Å². The summed E-state index contributed by atoms with van der Waals surface area (Å²) in [6, 6.07) is 9.49. The average molecular weight is 314 g/mol. The minimum absolute atomic E-state index is 0.0662. The summed E-state index contributed by atoms with van der Waals surface area (Å²) in [5.41, 5.74) is 1.13. The first-order chi connectivity index (χ1) is 11.2. The second-order valence-corrected chi connectivity index (χ2v) is 6.00. The Balaban J connectivity index is 1.77. The molecule has 1 aliphatic rings. The SMILES string of the molecule is CCCCNC(=O)C1(c2cc(-c3cccc(OC)c3)on2)CC1. The molecule has 0 aliphatic heterocycles. The van der Waals surface area contributed by atoms with E-state index in [4.69, 9.17) is 9.26 Å². The van der Waals surface area contributed by atoms with Gasteiger partial charge in [0.2, 0.25) is 5.91 Å². The fourth-order valence-electron chi connectivity index (χ4n) is 2.69. The van der Waals surface area contributed by atoms with Gasteiger partial charge in [0, 0.05) is 18.2 Å². The number of amides is 1. The number of hydrogen-bond donors (Lipinski definition) is 1. The highest BCUT2D eigenvalue weighted by molar-refractivity contribution is 5.91. The second kappa shape index (κ2) is 6.44. The summed E-state index contributed by atoms with van der Waals surface area (Å²) < 4.78 is 10.7. The predicted molar refractivity (Wildman–Crippen MR) is 87.3 cm³/mol. The van der Waals surface area contributed by atoms with Gasteiger partial charge in [-0.1, -0.05) is 30.6 Å². The molecule has 1 fully saturated rings. The molecular formula is C18H22N2O3. The lowest BCUT2D eigenvalue weighted by Gasteiger charge is -2.11. The highest BCUT2D eigenvalue weighted by atomic mass is 16.5. The molecule has 1 aliphatic carbocycles. The smallest absolute Gasteiger partial charge is 0.232 e. The van der Waals surface area contributed by atoms with Gasteiger partial charge in [0.15, 0.2) is 5.76 Å². The topological polar surface area (TPSA) is 64.4 Å². The van der Waals surface area contributed by atoms with Crippen molar-refractivity contribution in [2.24, 2.45) is 0 Å². The number of nitrogens with one attached hydrogen (secondary N) is 1. The molecule has 0 spiro atoms. The molecule has 5 heteroatoms. The van der Waals surface area contributed by atoms with Gasteiger partial charge in [-0.05, 0) is 31.4 Å². The first-order valence-corrected chi connectivity index (χ1v) is 8.09. The number of carbonyl (C=O) groups is 1. The molecule has 3 rings (SSSR count). The molecule has 23 heavy (non-hydrogen) atoms. The minimum atomic E-state index is -0.492. The van der Waals surface area contributed by atoms with E-state index >= 15 is 0 Å². The van der Waals surface area contributed by atoms with Gasteiger partial charge in [-0.2, -0.15) is 0 Å². The van der Waals surface area contributed by atoms with Gasteiger partial charge >= 0.3 is 0 Å². The van der Waals surface area contributed by atoms with E-state index in [1.54, 1.807) is 7.11 Å². The molecule has 1 N–H and O–H groups in total. The van der Waals surface area contributed by atoms with Crippen molar-refractivity contribution in [3.8, 4) is 17.1 Å². The Bertz CT molecular complexity index is 689. The summed E-state index contributed by atoms with van der Waals surface area (Å²) in [5, 5.41) is 7.17. The molecule has 0 bridgehead atoms. The van der Waals surface area contributed by atoms with Crippen LogP contribution < -0.4 is 10.1 Å². The van der Waals surface area contributed by atoms with Gasteiger partial charge in [-0.25, -0.2) is 0 Å². The fraction of sp³-hybridized carbons (Fsp3) is 0.444. The van der Waals surface area contributed by atoms with Crippen LogP contribution in [0.25, 0.3) is 11.3 Å².